The van der Waals surface area contributed by atoms with E-state index >= 15 is 0 Å². The zero-order chi connectivity index (χ0) is 24.4. The molecule has 0 saturated heterocycles. The van der Waals surface area contributed by atoms with Gasteiger partial charge in [0.25, 0.3) is 5.56 Å². The maximum Gasteiger partial charge on any atom is 0.422 e. The minimum atomic E-state index is -4.45. The van der Waals surface area contributed by atoms with E-state index < -0.39 is 24.4 Å². The molecule has 2 N–H and O–H groups in total. The number of nitrogens with one attached hydrogen (secondary N) is 2. The first-order valence-corrected chi connectivity index (χ1v) is 10.2. The summed E-state index contributed by atoms with van der Waals surface area (Å²) in [6.07, 6.45) is -3.28. The van der Waals surface area contributed by atoms with E-state index in [1.54, 1.807) is 37.3 Å². The molecule has 3 rings (SSSR count). The van der Waals surface area contributed by atoms with Crippen molar-refractivity contribution in [2.45, 2.75) is 45.5 Å². The first-order valence-electron chi connectivity index (χ1n) is 10.2. The van der Waals surface area contributed by atoms with Crippen molar-refractivity contribution < 1.29 is 22.7 Å². The van der Waals surface area contributed by atoms with Gasteiger partial charge in [-0.15, -0.1) is 0 Å². The van der Waals surface area contributed by atoms with Crippen LogP contribution in [0, 0.1) is 0 Å². The summed E-state index contributed by atoms with van der Waals surface area (Å²) in [5, 5.41) is 5.53. The van der Waals surface area contributed by atoms with Crippen molar-refractivity contribution in [3.63, 3.8) is 0 Å². The van der Waals surface area contributed by atoms with E-state index in [4.69, 9.17) is 4.74 Å². The topological polar surface area (TPSA) is 85.2 Å². The van der Waals surface area contributed by atoms with Gasteiger partial charge in [-0.3, -0.25) is 9.36 Å². The minimum absolute atomic E-state index is 0.0550. The van der Waals surface area contributed by atoms with Gasteiger partial charge in [0.15, 0.2) is 6.61 Å². The predicted octanol–water partition coefficient (Wildman–Crippen LogP) is 4.87. The average molecular weight is 462 g/mol. The van der Waals surface area contributed by atoms with Gasteiger partial charge in [-0.1, -0.05) is 12.1 Å². The average Bonchev–Trinajstić information content (AvgIpc) is 2.70. The molecule has 0 aliphatic rings. The first kappa shape index (κ1) is 24.1. The molecule has 0 spiro atoms. The van der Waals surface area contributed by atoms with Gasteiger partial charge in [0, 0.05) is 11.2 Å². The largest absolute Gasteiger partial charge is 0.484 e. The van der Waals surface area contributed by atoms with Crippen LogP contribution in [0.3, 0.4) is 0 Å². The molecular formula is C23H25F3N4O3. The Hall–Kier alpha value is -3.56. The summed E-state index contributed by atoms with van der Waals surface area (Å²) in [6.45, 7) is 5.93. The van der Waals surface area contributed by atoms with Crippen LogP contribution in [0.2, 0.25) is 0 Å². The Kier molecular flexibility index (Phi) is 6.66. The Labute approximate surface area is 188 Å². The number of benzene rings is 2. The Morgan fingerprint density at radius 3 is 2.55 bits per heavy atom. The molecule has 0 saturated carbocycles. The van der Waals surface area contributed by atoms with Crippen molar-refractivity contribution in [2.24, 2.45) is 0 Å². The number of urea groups is 1. The lowest BCUT2D eigenvalue weighted by atomic mass is 10.1. The number of aromatic nitrogens is 2. The van der Waals surface area contributed by atoms with Crippen molar-refractivity contribution in [2.75, 3.05) is 11.9 Å². The molecule has 3 aromatic rings. The molecule has 2 amide bonds. The Bertz CT molecular complexity index is 1220. The number of hydrogen-bond acceptors (Lipinski definition) is 4. The molecule has 10 heteroatoms. The maximum atomic E-state index is 12.7. The van der Waals surface area contributed by atoms with Gasteiger partial charge < -0.3 is 15.4 Å². The quantitative estimate of drug-likeness (QED) is 0.567. The van der Waals surface area contributed by atoms with E-state index in [2.05, 4.69) is 15.6 Å². The van der Waals surface area contributed by atoms with Gasteiger partial charge in [-0.2, -0.15) is 13.2 Å². The smallest absolute Gasteiger partial charge is 0.422 e. The first-order chi connectivity index (χ1) is 15.3. The van der Waals surface area contributed by atoms with E-state index in [0.29, 0.717) is 22.3 Å². The van der Waals surface area contributed by atoms with Crippen LogP contribution in [0.15, 0.2) is 53.5 Å². The highest BCUT2D eigenvalue weighted by atomic mass is 19.4. The molecule has 7 nitrogen and oxygen atoms in total. The molecule has 0 unspecified atom stereocenters. The Morgan fingerprint density at radius 1 is 1.15 bits per heavy atom. The lowest BCUT2D eigenvalue weighted by Crippen LogP contribution is -2.43. The van der Waals surface area contributed by atoms with Gasteiger partial charge in [0.1, 0.15) is 5.75 Å². The summed E-state index contributed by atoms with van der Waals surface area (Å²) < 4.78 is 43.8. The third kappa shape index (κ3) is 6.47. The summed E-state index contributed by atoms with van der Waals surface area (Å²) >= 11 is 0. The number of rotatable bonds is 5. The van der Waals surface area contributed by atoms with Crippen LogP contribution in [-0.4, -0.2) is 33.9 Å². The van der Waals surface area contributed by atoms with Crippen LogP contribution >= 0.6 is 0 Å². The number of fused-ring (bicyclic) bond motifs is 1. The lowest BCUT2D eigenvalue weighted by molar-refractivity contribution is -0.153. The molecular weight excluding hydrogens is 437 g/mol. The second kappa shape index (κ2) is 9.13. The SMILES string of the molecule is C[C@@H](c1cccc(OCC(F)(F)F)c1)n1c(=O)cnc2cc(NC(=O)NC(C)(C)C)ccc21. The number of carbonyl (C=O) groups excluding carboxylic acids is 1. The second-order valence-corrected chi connectivity index (χ2v) is 8.65. The molecule has 1 heterocycles. The van der Waals surface area contributed by atoms with E-state index in [1.807, 2.05) is 20.8 Å². The fourth-order valence-corrected chi connectivity index (χ4v) is 3.29. The minimum Gasteiger partial charge on any atom is -0.484 e. The van der Waals surface area contributed by atoms with Crippen LogP contribution in [0.1, 0.15) is 39.3 Å². The molecule has 0 bridgehead atoms. The van der Waals surface area contributed by atoms with Gasteiger partial charge in [0.2, 0.25) is 0 Å². The molecule has 0 aliphatic heterocycles. The molecule has 0 fully saturated rings. The molecule has 0 radical (unpaired) electrons. The molecule has 33 heavy (non-hydrogen) atoms. The van der Waals surface area contributed by atoms with E-state index in [9.17, 15) is 22.8 Å². The number of halogens is 3. The summed E-state index contributed by atoms with van der Waals surface area (Å²) in [5.74, 6) is 0.0550. The zero-order valence-electron chi connectivity index (χ0n) is 18.7. The third-order valence-corrected chi connectivity index (χ3v) is 4.66. The highest BCUT2D eigenvalue weighted by molar-refractivity contribution is 5.92. The second-order valence-electron chi connectivity index (χ2n) is 8.65. The maximum absolute atomic E-state index is 12.7. The standard InChI is InChI=1S/C23H25F3N4O3/c1-14(15-6-5-7-17(10-15)33-13-23(24,25)26)30-19-9-8-16(11-18(19)27-12-20(30)31)28-21(32)29-22(2,3)4/h5-12,14H,13H2,1-4H3,(H2,28,29,32)/t14-/m0/s1. The van der Waals surface area contributed by atoms with Crippen LogP contribution in [-0.2, 0) is 0 Å². The summed E-state index contributed by atoms with van der Waals surface area (Å²) in [6, 6.07) is 10.2. The van der Waals surface area contributed by atoms with Crippen LogP contribution in [0.5, 0.6) is 5.75 Å². The molecule has 1 aromatic heterocycles. The summed E-state index contributed by atoms with van der Waals surface area (Å²) in [7, 11) is 0. The number of amides is 2. The van der Waals surface area contributed by atoms with Crippen molar-refractivity contribution >= 4 is 22.8 Å². The van der Waals surface area contributed by atoms with Gasteiger partial charge in [-0.25, -0.2) is 9.78 Å². The van der Waals surface area contributed by atoms with E-state index in [0.717, 1.165) is 0 Å². The highest BCUT2D eigenvalue weighted by Crippen LogP contribution is 2.26. The monoisotopic (exact) mass is 462 g/mol. The number of ether oxygens (including phenoxy) is 1. The fourth-order valence-electron chi connectivity index (χ4n) is 3.29. The normalized spacial score (nSPS) is 12.9. The number of alkyl halides is 3. The summed E-state index contributed by atoms with van der Waals surface area (Å²) in [4.78, 5) is 29.0. The molecule has 2 aromatic carbocycles. The number of hydrogen-bond donors (Lipinski definition) is 2. The Balaban J connectivity index is 1.91. The molecule has 0 aliphatic carbocycles. The third-order valence-electron chi connectivity index (χ3n) is 4.66. The van der Waals surface area contributed by atoms with Crippen molar-refractivity contribution in [1.82, 2.24) is 14.9 Å². The van der Waals surface area contributed by atoms with Gasteiger partial charge in [0.05, 0.1) is 23.3 Å². The van der Waals surface area contributed by atoms with Crippen molar-refractivity contribution in [3.05, 3.63) is 64.6 Å². The van der Waals surface area contributed by atoms with Gasteiger partial charge in [-0.05, 0) is 63.6 Å². The number of carbonyl (C=O) groups is 1. The van der Waals surface area contributed by atoms with Crippen LogP contribution in [0.4, 0.5) is 23.7 Å². The van der Waals surface area contributed by atoms with Crippen molar-refractivity contribution in [3.8, 4) is 5.75 Å². The lowest BCUT2D eigenvalue weighted by Gasteiger charge is -2.21. The van der Waals surface area contributed by atoms with Crippen molar-refractivity contribution in [1.29, 1.82) is 0 Å². The van der Waals surface area contributed by atoms with E-state index in [-0.39, 0.29) is 17.3 Å². The van der Waals surface area contributed by atoms with E-state index in [1.165, 1.54) is 22.9 Å². The Morgan fingerprint density at radius 2 is 1.88 bits per heavy atom. The predicted molar refractivity (Wildman–Crippen MR) is 120 cm³/mol. The number of anilines is 1. The fraction of sp³-hybridized carbons (Fsp3) is 0.348. The molecule has 1 atom stereocenters. The highest BCUT2D eigenvalue weighted by Gasteiger charge is 2.28. The number of nitrogens with zero attached hydrogens (tertiary/aromatic N) is 2. The van der Waals surface area contributed by atoms with Crippen LogP contribution in [0.25, 0.3) is 11.0 Å². The van der Waals surface area contributed by atoms with Crippen LogP contribution < -0.4 is 20.9 Å². The van der Waals surface area contributed by atoms with Gasteiger partial charge >= 0.3 is 12.2 Å². The zero-order valence-corrected chi connectivity index (χ0v) is 18.7. The summed E-state index contributed by atoms with van der Waals surface area (Å²) in [5.41, 5.74) is 1.29. The molecule has 176 valence electrons.